The van der Waals surface area contributed by atoms with Crippen molar-refractivity contribution in [2.75, 3.05) is 11.9 Å². The normalized spacial score (nSPS) is 14.6. The summed E-state index contributed by atoms with van der Waals surface area (Å²) in [4.78, 5) is 15.4. The number of anilines is 1. The summed E-state index contributed by atoms with van der Waals surface area (Å²) in [6.07, 6.45) is 9.86. The molecule has 0 aliphatic heterocycles. The van der Waals surface area contributed by atoms with Crippen LogP contribution >= 0.6 is 0 Å². The summed E-state index contributed by atoms with van der Waals surface area (Å²) in [6.45, 7) is 0.881. The first-order chi connectivity index (χ1) is 8.34. The predicted molar refractivity (Wildman–Crippen MR) is 68.8 cm³/mol. The van der Waals surface area contributed by atoms with Gasteiger partial charge in [0.25, 0.3) is 0 Å². The molecule has 0 fully saturated rings. The topological polar surface area (TPSA) is 42.0 Å². The number of nitrogens with zero attached hydrogens (tertiary/aromatic N) is 1. The van der Waals surface area contributed by atoms with Gasteiger partial charge in [0, 0.05) is 19.2 Å². The molecule has 0 unspecified atom stereocenters. The summed E-state index contributed by atoms with van der Waals surface area (Å²) in [5.41, 5.74) is 1.22. The zero-order valence-electron chi connectivity index (χ0n) is 9.73. The average molecular weight is 228 g/mol. The van der Waals surface area contributed by atoms with E-state index < -0.39 is 0 Å². The molecule has 1 aromatic rings. The van der Waals surface area contributed by atoms with Crippen molar-refractivity contribution in [3.05, 3.63) is 48.2 Å². The van der Waals surface area contributed by atoms with Crippen molar-refractivity contribution in [1.29, 1.82) is 0 Å². The number of hydrogen-bond donors (Lipinski definition) is 1. The second kappa shape index (κ2) is 5.99. The van der Waals surface area contributed by atoms with E-state index in [-0.39, 0.29) is 5.78 Å². The third kappa shape index (κ3) is 3.87. The molecule has 0 saturated carbocycles. The molecule has 0 saturated heterocycles. The van der Waals surface area contributed by atoms with Gasteiger partial charge in [0.2, 0.25) is 0 Å². The highest BCUT2D eigenvalue weighted by molar-refractivity contribution is 5.92. The van der Waals surface area contributed by atoms with E-state index in [1.165, 1.54) is 5.57 Å². The zero-order valence-corrected chi connectivity index (χ0v) is 9.73. The molecule has 88 valence electrons. The zero-order chi connectivity index (χ0) is 11.9. The van der Waals surface area contributed by atoms with Crippen LogP contribution in [0, 0.1) is 0 Å². The number of carbonyl (C=O) groups excluding carboxylic acids is 1. The molecule has 3 nitrogen and oxygen atoms in total. The lowest BCUT2D eigenvalue weighted by molar-refractivity contribution is -0.114. The number of carbonyl (C=O) groups is 1. The van der Waals surface area contributed by atoms with Crippen molar-refractivity contribution in [2.24, 2.45) is 0 Å². The number of pyridine rings is 1. The van der Waals surface area contributed by atoms with Gasteiger partial charge in [-0.15, -0.1) is 0 Å². The molecule has 0 atom stereocenters. The standard InChI is InChI=1S/C14H16N2O/c17-13-7-3-5-12(11-13)6-4-10-16-14-8-1-2-9-15-14/h1-3,5,7-9H,4,6,10-11H2,(H,15,16). The van der Waals surface area contributed by atoms with Gasteiger partial charge in [-0.3, -0.25) is 4.79 Å². The summed E-state index contributed by atoms with van der Waals surface area (Å²) >= 11 is 0. The largest absolute Gasteiger partial charge is 0.370 e. The van der Waals surface area contributed by atoms with Crippen LogP contribution in [-0.4, -0.2) is 17.3 Å². The quantitative estimate of drug-likeness (QED) is 0.788. The molecule has 2 rings (SSSR count). The maximum Gasteiger partial charge on any atom is 0.159 e. The van der Waals surface area contributed by atoms with E-state index in [9.17, 15) is 4.79 Å². The second-order valence-electron chi connectivity index (χ2n) is 4.07. The average Bonchev–Trinajstić information content (AvgIpc) is 2.36. The van der Waals surface area contributed by atoms with Gasteiger partial charge in [0.05, 0.1) is 0 Å². The molecule has 17 heavy (non-hydrogen) atoms. The summed E-state index contributed by atoms with van der Waals surface area (Å²) in [5.74, 6) is 1.11. The van der Waals surface area contributed by atoms with Gasteiger partial charge in [0.1, 0.15) is 5.82 Å². The number of allylic oxidation sites excluding steroid dienone is 4. The van der Waals surface area contributed by atoms with E-state index in [0.717, 1.165) is 25.2 Å². The maximum absolute atomic E-state index is 11.2. The Bertz CT molecular complexity index is 435. The Labute approximate surface area is 101 Å². The first kappa shape index (κ1) is 11.6. The van der Waals surface area contributed by atoms with Crippen LogP contribution in [0.3, 0.4) is 0 Å². The summed E-state index contributed by atoms with van der Waals surface area (Å²) in [5, 5.41) is 3.25. The molecule has 0 aromatic carbocycles. The van der Waals surface area contributed by atoms with Crippen molar-refractivity contribution in [2.45, 2.75) is 19.3 Å². The van der Waals surface area contributed by atoms with Crippen molar-refractivity contribution >= 4 is 11.6 Å². The van der Waals surface area contributed by atoms with Gasteiger partial charge in [0.15, 0.2) is 5.78 Å². The molecule has 1 aromatic heterocycles. The lowest BCUT2D eigenvalue weighted by Gasteiger charge is -2.09. The highest BCUT2D eigenvalue weighted by atomic mass is 16.1. The molecule has 1 N–H and O–H groups in total. The van der Waals surface area contributed by atoms with Crippen molar-refractivity contribution in [3.63, 3.8) is 0 Å². The monoisotopic (exact) mass is 228 g/mol. The molecule has 0 radical (unpaired) electrons. The van der Waals surface area contributed by atoms with E-state index >= 15 is 0 Å². The fourth-order valence-electron chi connectivity index (χ4n) is 1.80. The van der Waals surface area contributed by atoms with Gasteiger partial charge in [-0.2, -0.15) is 0 Å². The van der Waals surface area contributed by atoms with E-state index in [1.54, 1.807) is 12.3 Å². The summed E-state index contributed by atoms with van der Waals surface area (Å²) in [6, 6.07) is 5.81. The SMILES string of the molecule is O=C1C=CC=C(CCCNc2ccccn2)C1. The van der Waals surface area contributed by atoms with Crippen LogP contribution in [-0.2, 0) is 4.79 Å². The highest BCUT2D eigenvalue weighted by Crippen LogP contribution is 2.14. The third-order valence-electron chi connectivity index (χ3n) is 2.66. The Morgan fingerprint density at radius 2 is 2.29 bits per heavy atom. The van der Waals surface area contributed by atoms with Crippen LogP contribution in [0.2, 0.25) is 0 Å². The van der Waals surface area contributed by atoms with Gasteiger partial charge in [-0.05, 0) is 31.1 Å². The Balaban J connectivity index is 1.69. The van der Waals surface area contributed by atoms with Gasteiger partial charge in [-0.25, -0.2) is 4.98 Å². The van der Waals surface area contributed by atoms with Crippen LogP contribution in [0.4, 0.5) is 5.82 Å². The molecule has 1 aliphatic rings. The number of ketones is 1. The Morgan fingerprint density at radius 3 is 3.06 bits per heavy atom. The van der Waals surface area contributed by atoms with E-state index in [1.807, 2.05) is 30.4 Å². The number of nitrogens with one attached hydrogen (secondary N) is 1. The number of hydrogen-bond acceptors (Lipinski definition) is 3. The lowest BCUT2D eigenvalue weighted by Crippen LogP contribution is -2.05. The fourth-order valence-corrected chi connectivity index (χ4v) is 1.80. The second-order valence-corrected chi connectivity index (χ2v) is 4.07. The molecular weight excluding hydrogens is 212 g/mol. The first-order valence-corrected chi connectivity index (χ1v) is 5.88. The molecular formula is C14H16N2O. The molecule has 0 bridgehead atoms. The number of aromatic nitrogens is 1. The minimum Gasteiger partial charge on any atom is -0.370 e. The van der Waals surface area contributed by atoms with Crippen molar-refractivity contribution in [1.82, 2.24) is 4.98 Å². The predicted octanol–water partition coefficient (Wildman–Crippen LogP) is 2.73. The van der Waals surface area contributed by atoms with Crippen LogP contribution in [0.1, 0.15) is 19.3 Å². The first-order valence-electron chi connectivity index (χ1n) is 5.88. The smallest absolute Gasteiger partial charge is 0.159 e. The van der Waals surface area contributed by atoms with E-state index in [0.29, 0.717) is 6.42 Å². The summed E-state index contributed by atoms with van der Waals surface area (Å²) < 4.78 is 0. The summed E-state index contributed by atoms with van der Waals surface area (Å²) in [7, 11) is 0. The number of rotatable bonds is 5. The third-order valence-corrected chi connectivity index (χ3v) is 2.66. The minimum atomic E-state index is 0.209. The van der Waals surface area contributed by atoms with E-state index in [2.05, 4.69) is 10.3 Å². The highest BCUT2D eigenvalue weighted by Gasteiger charge is 2.06. The Hall–Kier alpha value is -1.90. The Kier molecular flexibility index (Phi) is 4.08. The molecule has 0 spiro atoms. The van der Waals surface area contributed by atoms with Crippen LogP contribution < -0.4 is 5.32 Å². The lowest BCUT2D eigenvalue weighted by atomic mass is 10.00. The molecule has 1 aliphatic carbocycles. The molecule has 3 heteroatoms. The van der Waals surface area contributed by atoms with Gasteiger partial charge >= 0.3 is 0 Å². The molecule has 0 amide bonds. The van der Waals surface area contributed by atoms with Gasteiger partial charge in [-0.1, -0.05) is 23.8 Å². The molecule has 1 heterocycles. The van der Waals surface area contributed by atoms with Crippen molar-refractivity contribution < 1.29 is 4.79 Å². The van der Waals surface area contributed by atoms with Crippen LogP contribution in [0.5, 0.6) is 0 Å². The van der Waals surface area contributed by atoms with Crippen LogP contribution in [0.25, 0.3) is 0 Å². The van der Waals surface area contributed by atoms with E-state index in [4.69, 9.17) is 0 Å². The van der Waals surface area contributed by atoms with Gasteiger partial charge < -0.3 is 5.32 Å². The minimum absolute atomic E-state index is 0.209. The van der Waals surface area contributed by atoms with Crippen molar-refractivity contribution in [3.8, 4) is 0 Å². The van der Waals surface area contributed by atoms with Crippen LogP contribution in [0.15, 0.2) is 48.2 Å². The Morgan fingerprint density at radius 1 is 1.35 bits per heavy atom. The fraction of sp³-hybridized carbons (Fsp3) is 0.286. The maximum atomic E-state index is 11.2.